The standard InChI is InChI=1S/C32H42N6O4/c1-23(24-11-8-7-9-12-24)38(31(40)33-32(2,3)4)22-30(39)37-18-10-17-36(19-20-37)29-16-15-27(34-35-29)26-14-13-25(41-5)21-28(26)42-6/h7-9,11-16,21,23H,10,17-20,22H2,1-6H3,(H,33,40)/t23-/m0/s1. The molecule has 1 aliphatic heterocycles. The quantitative estimate of drug-likeness (QED) is 0.414. The molecule has 1 aliphatic rings. The van der Waals surface area contributed by atoms with Gasteiger partial charge in [-0.3, -0.25) is 4.79 Å². The number of amides is 3. The number of benzene rings is 2. The van der Waals surface area contributed by atoms with Crippen LogP contribution in [0.25, 0.3) is 11.3 Å². The number of urea groups is 1. The van der Waals surface area contributed by atoms with E-state index in [9.17, 15) is 9.59 Å². The predicted molar refractivity (Wildman–Crippen MR) is 164 cm³/mol. The Bertz CT molecular complexity index is 1340. The van der Waals surface area contributed by atoms with Crippen LogP contribution in [0.3, 0.4) is 0 Å². The van der Waals surface area contributed by atoms with Crippen molar-refractivity contribution >= 4 is 17.8 Å². The summed E-state index contributed by atoms with van der Waals surface area (Å²) in [6.45, 7) is 10.3. The van der Waals surface area contributed by atoms with E-state index >= 15 is 0 Å². The molecule has 10 heteroatoms. The number of carbonyl (C=O) groups excluding carboxylic acids is 2. The number of carbonyl (C=O) groups is 2. The molecule has 10 nitrogen and oxygen atoms in total. The molecule has 3 aromatic rings. The van der Waals surface area contributed by atoms with Crippen molar-refractivity contribution in [3.63, 3.8) is 0 Å². The van der Waals surface area contributed by atoms with E-state index in [1.807, 2.05) is 93.3 Å². The number of anilines is 1. The third-order valence-electron chi connectivity index (χ3n) is 7.31. The Kier molecular flexibility index (Phi) is 9.88. The van der Waals surface area contributed by atoms with Crippen molar-refractivity contribution in [3.05, 3.63) is 66.2 Å². The lowest BCUT2D eigenvalue weighted by Crippen LogP contribution is -2.52. The zero-order valence-electron chi connectivity index (χ0n) is 25.5. The number of ether oxygens (including phenoxy) is 2. The second-order valence-electron chi connectivity index (χ2n) is 11.5. The minimum atomic E-state index is -0.424. The van der Waals surface area contributed by atoms with Crippen LogP contribution in [-0.2, 0) is 4.79 Å². The topological polar surface area (TPSA) is 100 Å². The van der Waals surface area contributed by atoms with Crippen LogP contribution in [0.5, 0.6) is 11.5 Å². The summed E-state index contributed by atoms with van der Waals surface area (Å²) in [6, 6.07) is 18.7. The maximum atomic E-state index is 13.6. The Hall–Kier alpha value is -4.34. The van der Waals surface area contributed by atoms with E-state index in [0.717, 1.165) is 29.9 Å². The number of hydrogen-bond donors (Lipinski definition) is 1. The Balaban J connectivity index is 1.43. The molecule has 0 bridgehead atoms. The van der Waals surface area contributed by atoms with E-state index in [4.69, 9.17) is 9.47 Å². The second-order valence-corrected chi connectivity index (χ2v) is 11.5. The van der Waals surface area contributed by atoms with E-state index in [0.29, 0.717) is 36.8 Å². The van der Waals surface area contributed by atoms with Gasteiger partial charge in [0.2, 0.25) is 5.91 Å². The Morgan fingerprint density at radius 1 is 0.952 bits per heavy atom. The Morgan fingerprint density at radius 2 is 1.71 bits per heavy atom. The monoisotopic (exact) mass is 574 g/mol. The summed E-state index contributed by atoms with van der Waals surface area (Å²) in [5, 5.41) is 12.0. The summed E-state index contributed by atoms with van der Waals surface area (Å²) in [5.74, 6) is 2.05. The summed E-state index contributed by atoms with van der Waals surface area (Å²) >= 11 is 0. The van der Waals surface area contributed by atoms with Gasteiger partial charge in [0.05, 0.1) is 26.0 Å². The highest BCUT2D eigenvalue weighted by atomic mass is 16.5. The molecule has 0 unspecified atom stereocenters. The average molecular weight is 575 g/mol. The van der Waals surface area contributed by atoms with Crippen molar-refractivity contribution in [2.45, 2.75) is 45.7 Å². The third-order valence-corrected chi connectivity index (χ3v) is 7.31. The average Bonchev–Trinajstić information content (AvgIpc) is 3.25. The molecule has 3 amide bonds. The van der Waals surface area contributed by atoms with Gasteiger partial charge in [0, 0.05) is 43.3 Å². The molecule has 224 valence electrons. The Morgan fingerprint density at radius 3 is 2.36 bits per heavy atom. The minimum absolute atomic E-state index is 0.00380. The molecule has 42 heavy (non-hydrogen) atoms. The van der Waals surface area contributed by atoms with Crippen molar-refractivity contribution in [1.29, 1.82) is 0 Å². The van der Waals surface area contributed by atoms with Crippen LogP contribution in [0.4, 0.5) is 10.6 Å². The summed E-state index contributed by atoms with van der Waals surface area (Å²) in [5.41, 5.74) is 2.08. The molecule has 0 saturated carbocycles. The normalized spacial score (nSPS) is 14.5. The fourth-order valence-electron chi connectivity index (χ4n) is 4.98. The summed E-state index contributed by atoms with van der Waals surface area (Å²) < 4.78 is 10.8. The van der Waals surface area contributed by atoms with E-state index in [1.54, 1.807) is 19.1 Å². The van der Waals surface area contributed by atoms with Crippen molar-refractivity contribution in [1.82, 2.24) is 25.3 Å². The number of nitrogens with zero attached hydrogens (tertiary/aromatic N) is 5. The zero-order valence-corrected chi connectivity index (χ0v) is 25.5. The molecule has 2 aromatic carbocycles. The van der Waals surface area contributed by atoms with Gasteiger partial charge < -0.3 is 29.5 Å². The van der Waals surface area contributed by atoms with Crippen LogP contribution in [-0.4, -0.2) is 84.4 Å². The first-order valence-corrected chi connectivity index (χ1v) is 14.3. The fraction of sp³-hybridized carbons (Fsp3) is 0.438. The van der Waals surface area contributed by atoms with Gasteiger partial charge in [-0.25, -0.2) is 4.79 Å². The molecular weight excluding hydrogens is 532 g/mol. The summed E-state index contributed by atoms with van der Waals surface area (Å²) in [7, 11) is 3.23. The molecule has 1 saturated heterocycles. The molecule has 0 radical (unpaired) electrons. The number of rotatable bonds is 8. The highest BCUT2D eigenvalue weighted by Crippen LogP contribution is 2.32. The van der Waals surface area contributed by atoms with Gasteiger partial charge in [-0.15, -0.1) is 10.2 Å². The maximum absolute atomic E-state index is 13.6. The Labute approximate surface area is 248 Å². The minimum Gasteiger partial charge on any atom is -0.497 e. The lowest BCUT2D eigenvalue weighted by Gasteiger charge is -2.34. The van der Waals surface area contributed by atoms with Gasteiger partial charge in [-0.05, 0) is 63.9 Å². The smallest absolute Gasteiger partial charge is 0.318 e. The third kappa shape index (κ3) is 7.69. The van der Waals surface area contributed by atoms with Crippen LogP contribution < -0.4 is 19.7 Å². The molecule has 0 aliphatic carbocycles. The SMILES string of the molecule is COc1ccc(-c2ccc(N3CCCN(C(=O)CN(C(=O)NC(C)(C)C)[C@@H](C)c4ccccc4)CC3)nn2)c(OC)c1. The number of nitrogens with one attached hydrogen (secondary N) is 1. The van der Waals surface area contributed by atoms with Gasteiger partial charge in [0.1, 0.15) is 18.0 Å². The highest BCUT2D eigenvalue weighted by molar-refractivity contribution is 5.85. The molecule has 4 rings (SSSR count). The van der Waals surface area contributed by atoms with Gasteiger partial charge in [-0.2, -0.15) is 0 Å². The molecule has 1 aromatic heterocycles. The fourth-order valence-corrected chi connectivity index (χ4v) is 4.98. The number of hydrogen-bond acceptors (Lipinski definition) is 7. The highest BCUT2D eigenvalue weighted by Gasteiger charge is 2.29. The van der Waals surface area contributed by atoms with E-state index in [2.05, 4.69) is 20.4 Å². The first kappa shape index (κ1) is 30.6. The van der Waals surface area contributed by atoms with Crippen molar-refractivity contribution < 1.29 is 19.1 Å². The zero-order chi connectivity index (χ0) is 30.3. The van der Waals surface area contributed by atoms with Gasteiger partial charge in [0.25, 0.3) is 0 Å². The van der Waals surface area contributed by atoms with Crippen molar-refractivity contribution in [2.24, 2.45) is 0 Å². The van der Waals surface area contributed by atoms with Crippen LogP contribution in [0.1, 0.15) is 45.7 Å². The lowest BCUT2D eigenvalue weighted by atomic mass is 10.1. The van der Waals surface area contributed by atoms with Gasteiger partial charge in [-0.1, -0.05) is 30.3 Å². The van der Waals surface area contributed by atoms with Crippen LogP contribution >= 0.6 is 0 Å². The van der Waals surface area contributed by atoms with Gasteiger partial charge in [0.15, 0.2) is 5.82 Å². The van der Waals surface area contributed by atoms with E-state index < -0.39 is 5.54 Å². The first-order chi connectivity index (χ1) is 20.1. The maximum Gasteiger partial charge on any atom is 0.318 e. The molecular formula is C32H42N6O4. The van der Waals surface area contributed by atoms with Crippen LogP contribution in [0, 0.1) is 0 Å². The largest absolute Gasteiger partial charge is 0.497 e. The van der Waals surface area contributed by atoms with E-state index in [-0.39, 0.29) is 24.5 Å². The second kappa shape index (κ2) is 13.5. The number of aromatic nitrogens is 2. The first-order valence-electron chi connectivity index (χ1n) is 14.3. The summed E-state index contributed by atoms with van der Waals surface area (Å²) in [6.07, 6.45) is 0.782. The predicted octanol–water partition coefficient (Wildman–Crippen LogP) is 4.77. The summed E-state index contributed by atoms with van der Waals surface area (Å²) in [4.78, 5) is 32.5. The molecule has 1 atom stereocenters. The van der Waals surface area contributed by atoms with Crippen LogP contribution in [0.2, 0.25) is 0 Å². The van der Waals surface area contributed by atoms with Gasteiger partial charge >= 0.3 is 6.03 Å². The lowest BCUT2D eigenvalue weighted by molar-refractivity contribution is -0.132. The van der Waals surface area contributed by atoms with Crippen LogP contribution in [0.15, 0.2) is 60.7 Å². The van der Waals surface area contributed by atoms with Crippen molar-refractivity contribution in [2.75, 3.05) is 51.8 Å². The molecule has 1 fully saturated rings. The molecule has 0 spiro atoms. The molecule has 1 N–H and O–H groups in total. The molecule has 2 heterocycles. The van der Waals surface area contributed by atoms with Crippen molar-refractivity contribution in [3.8, 4) is 22.8 Å². The number of methoxy groups -OCH3 is 2. The van der Waals surface area contributed by atoms with E-state index in [1.165, 1.54) is 0 Å².